The van der Waals surface area contributed by atoms with E-state index in [1.54, 1.807) is 24.3 Å². The molecule has 0 bridgehead atoms. The van der Waals surface area contributed by atoms with Crippen LogP contribution in [0.3, 0.4) is 0 Å². The van der Waals surface area contributed by atoms with Gasteiger partial charge in [-0.1, -0.05) is 12.1 Å². The molecule has 2 heterocycles. The van der Waals surface area contributed by atoms with Gasteiger partial charge in [-0.25, -0.2) is 0 Å². The van der Waals surface area contributed by atoms with Gasteiger partial charge in [-0.05, 0) is 12.1 Å². The number of esters is 1. The van der Waals surface area contributed by atoms with E-state index in [0.717, 1.165) is 0 Å². The van der Waals surface area contributed by atoms with E-state index < -0.39 is 11.9 Å². The average molecular weight is 301 g/mol. The Bertz CT molecular complexity index is 936. The van der Waals surface area contributed by atoms with Crippen LogP contribution in [0.4, 0.5) is 0 Å². The average Bonchev–Trinajstić information content (AvgIpc) is 2.97. The van der Waals surface area contributed by atoms with Crippen LogP contribution in [0.25, 0.3) is 22.1 Å². The molecule has 7 heteroatoms. The van der Waals surface area contributed by atoms with Gasteiger partial charge in [0, 0.05) is 6.07 Å². The number of ether oxygens (including phenoxy) is 1. The molecule has 3 aromatic rings. The second-order valence-electron chi connectivity index (χ2n) is 4.50. The molecular formula is C15H11NO6. The number of para-hydroxylation sites is 1. The monoisotopic (exact) mass is 301 g/mol. The lowest BCUT2D eigenvalue weighted by atomic mass is 10.2. The topological polar surface area (TPSA) is 98.8 Å². The van der Waals surface area contributed by atoms with E-state index in [9.17, 15) is 14.4 Å². The third-order valence-corrected chi connectivity index (χ3v) is 3.12. The van der Waals surface area contributed by atoms with Crippen LogP contribution < -0.4 is 10.7 Å². The summed E-state index contributed by atoms with van der Waals surface area (Å²) in [4.78, 5) is 35.2. The van der Waals surface area contributed by atoms with Crippen LogP contribution in [0.15, 0.2) is 44.0 Å². The molecular weight excluding hydrogens is 290 g/mol. The summed E-state index contributed by atoms with van der Waals surface area (Å²) in [7, 11) is 1.21. The van der Waals surface area contributed by atoms with Gasteiger partial charge in [-0.2, -0.15) is 0 Å². The molecule has 0 aliphatic heterocycles. The second-order valence-corrected chi connectivity index (χ2v) is 4.50. The Labute approximate surface area is 123 Å². The van der Waals surface area contributed by atoms with Crippen LogP contribution in [0.2, 0.25) is 0 Å². The highest BCUT2D eigenvalue weighted by molar-refractivity contribution is 5.98. The van der Waals surface area contributed by atoms with E-state index in [1.807, 2.05) is 0 Å². The van der Waals surface area contributed by atoms with E-state index in [2.05, 4.69) is 10.1 Å². The van der Waals surface area contributed by atoms with Crippen molar-refractivity contribution >= 4 is 34.0 Å². The molecule has 0 radical (unpaired) electrons. The first-order chi connectivity index (χ1) is 10.6. The normalized spacial score (nSPS) is 10.8. The van der Waals surface area contributed by atoms with Gasteiger partial charge in [0.05, 0.1) is 12.5 Å². The minimum absolute atomic E-state index is 0.0353. The zero-order chi connectivity index (χ0) is 15.7. The van der Waals surface area contributed by atoms with Crippen molar-refractivity contribution in [2.45, 2.75) is 0 Å². The van der Waals surface area contributed by atoms with Crippen LogP contribution >= 0.6 is 0 Å². The first-order valence-corrected chi connectivity index (χ1v) is 6.40. The Morgan fingerprint density at radius 2 is 1.95 bits per heavy atom. The summed E-state index contributed by atoms with van der Waals surface area (Å²) in [6.45, 7) is -0.296. The summed E-state index contributed by atoms with van der Waals surface area (Å²) in [5.74, 6) is -1.38. The highest BCUT2D eigenvalue weighted by atomic mass is 16.5. The SMILES string of the molecule is COC(=O)CNC(=O)c1cc2c(=O)c3ccccc3oc2o1. The summed E-state index contributed by atoms with van der Waals surface area (Å²) in [6, 6.07) is 8.00. The molecule has 7 nitrogen and oxygen atoms in total. The van der Waals surface area contributed by atoms with Crippen molar-refractivity contribution in [3.05, 3.63) is 46.3 Å². The fraction of sp³-hybridized carbons (Fsp3) is 0.133. The number of benzene rings is 1. The Morgan fingerprint density at radius 3 is 2.73 bits per heavy atom. The number of carbonyl (C=O) groups is 2. The number of rotatable bonds is 3. The van der Waals surface area contributed by atoms with E-state index >= 15 is 0 Å². The number of amides is 1. The van der Waals surface area contributed by atoms with Crippen LogP contribution in [-0.4, -0.2) is 25.5 Å². The van der Waals surface area contributed by atoms with Gasteiger partial charge in [0.2, 0.25) is 5.43 Å². The fourth-order valence-corrected chi connectivity index (χ4v) is 2.02. The largest absolute Gasteiger partial charge is 0.468 e. The van der Waals surface area contributed by atoms with Crippen molar-refractivity contribution in [2.75, 3.05) is 13.7 Å². The number of nitrogens with one attached hydrogen (secondary N) is 1. The Hall–Kier alpha value is -3.09. The maximum Gasteiger partial charge on any atom is 0.325 e. The predicted molar refractivity (Wildman–Crippen MR) is 76.6 cm³/mol. The van der Waals surface area contributed by atoms with Crippen molar-refractivity contribution in [1.82, 2.24) is 5.32 Å². The number of methoxy groups -OCH3 is 1. The van der Waals surface area contributed by atoms with Crippen molar-refractivity contribution in [3.8, 4) is 0 Å². The van der Waals surface area contributed by atoms with Gasteiger partial charge >= 0.3 is 11.7 Å². The molecule has 2 aromatic heterocycles. The zero-order valence-corrected chi connectivity index (χ0v) is 11.5. The van der Waals surface area contributed by atoms with Crippen LogP contribution in [0.1, 0.15) is 10.6 Å². The van der Waals surface area contributed by atoms with Crippen molar-refractivity contribution in [2.24, 2.45) is 0 Å². The van der Waals surface area contributed by atoms with Gasteiger partial charge < -0.3 is 18.9 Å². The van der Waals surface area contributed by atoms with Gasteiger partial charge in [-0.15, -0.1) is 0 Å². The molecule has 0 saturated heterocycles. The quantitative estimate of drug-likeness (QED) is 0.735. The lowest BCUT2D eigenvalue weighted by Gasteiger charge is -2.00. The zero-order valence-electron chi connectivity index (χ0n) is 11.5. The maximum atomic E-state index is 12.3. The maximum absolute atomic E-state index is 12.3. The molecule has 0 aliphatic carbocycles. The standard InChI is InChI=1S/C15H11NO6/c1-20-12(17)7-16-14(19)11-6-9-13(18)8-4-2-3-5-10(8)21-15(9)22-11/h2-6H,7H2,1H3,(H,16,19). The summed E-state index contributed by atoms with van der Waals surface area (Å²) in [5, 5.41) is 2.89. The number of hydrogen-bond donors (Lipinski definition) is 1. The molecule has 22 heavy (non-hydrogen) atoms. The first-order valence-electron chi connectivity index (χ1n) is 6.40. The second kappa shape index (κ2) is 5.36. The highest BCUT2D eigenvalue weighted by Gasteiger charge is 2.18. The lowest BCUT2D eigenvalue weighted by Crippen LogP contribution is -2.29. The Kier molecular flexibility index (Phi) is 3.38. The molecule has 1 N–H and O–H groups in total. The highest BCUT2D eigenvalue weighted by Crippen LogP contribution is 2.21. The fourth-order valence-electron chi connectivity index (χ4n) is 2.02. The molecule has 1 aromatic carbocycles. The van der Waals surface area contributed by atoms with Crippen molar-refractivity contribution < 1.29 is 23.2 Å². The molecule has 3 rings (SSSR count). The third kappa shape index (κ3) is 2.32. The summed E-state index contributed by atoms with van der Waals surface area (Å²) >= 11 is 0. The molecule has 0 saturated carbocycles. The number of hydrogen-bond acceptors (Lipinski definition) is 6. The minimum Gasteiger partial charge on any atom is -0.468 e. The van der Waals surface area contributed by atoms with Gasteiger partial charge in [0.25, 0.3) is 5.91 Å². The number of fused-ring (bicyclic) bond motifs is 2. The first kappa shape index (κ1) is 13.9. The molecule has 0 unspecified atom stereocenters. The van der Waals surface area contributed by atoms with Crippen LogP contribution in [-0.2, 0) is 9.53 Å². The molecule has 0 spiro atoms. The molecule has 0 fully saturated rings. The van der Waals surface area contributed by atoms with E-state index in [4.69, 9.17) is 8.83 Å². The number of furan rings is 1. The van der Waals surface area contributed by atoms with Crippen molar-refractivity contribution in [1.29, 1.82) is 0 Å². The van der Waals surface area contributed by atoms with Crippen LogP contribution in [0.5, 0.6) is 0 Å². The molecule has 1 amide bonds. The number of carbonyl (C=O) groups excluding carboxylic acids is 2. The molecule has 0 aliphatic rings. The summed E-state index contributed by atoms with van der Waals surface area (Å²) in [5.41, 5.74) is 0.0866. The predicted octanol–water partition coefficient (Wildman–Crippen LogP) is 1.44. The van der Waals surface area contributed by atoms with Gasteiger partial charge in [-0.3, -0.25) is 14.4 Å². The summed E-state index contributed by atoms with van der Waals surface area (Å²) < 4.78 is 15.1. The van der Waals surface area contributed by atoms with Gasteiger partial charge in [0.15, 0.2) is 5.76 Å². The molecule has 0 atom stereocenters. The van der Waals surface area contributed by atoms with Gasteiger partial charge in [0.1, 0.15) is 17.5 Å². The minimum atomic E-state index is -0.639. The third-order valence-electron chi connectivity index (χ3n) is 3.12. The smallest absolute Gasteiger partial charge is 0.325 e. The van der Waals surface area contributed by atoms with E-state index in [1.165, 1.54) is 13.2 Å². The van der Waals surface area contributed by atoms with E-state index in [-0.39, 0.29) is 28.9 Å². The lowest BCUT2D eigenvalue weighted by molar-refractivity contribution is -0.139. The van der Waals surface area contributed by atoms with E-state index in [0.29, 0.717) is 11.0 Å². The van der Waals surface area contributed by atoms with Crippen molar-refractivity contribution in [3.63, 3.8) is 0 Å². The Morgan fingerprint density at radius 1 is 1.18 bits per heavy atom. The summed E-state index contributed by atoms with van der Waals surface area (Å²) in [6.07, 6.45) is 0. The van der Waals surface area contributed by atoms with Crippen LogP contribution in [0, 0.1) is 0 Å². The molecule has 112 valence electrons. The Balaban J connectivity index is 2.01.